The Hall–Kier alpha value is -2.61. The van der Waals surface area contributed by atoms with Gasteiger partial charge in [-0.15, -0.1) is 16.8 Å². The zero-order chi connectivity index (χ0) is 19.9. The van der Waals surface area contributed by atoms with Crippen molar-refractivity contribution in [2.45, 2.75) is 55.6 Å². The predicted octanol–water partition coefficient (Wildman–Crippen LogP) is 3.38. The van der Waals surface area contributed by atoms with Gasteiger partial charge < -0.3 is 5.32 Å². The number of imide groups is 1. The lowest BCUT2D eigenvalue weighted by atomic mass is 10.2. The summed E-state index contributed by atoms with van der Waals surface area (Å²) in [7, 11) is 0. The molecule has 0 unspecified atom stereocenters. The van der Waals surface area contributed by atoms with E-state index in [9.17, 15) is 9.59 Å². The normalized spacial score (nSPS) is 15.2. The highest BCUT2D eigenvalue weighted by molar-refractivity contribution is 8.00. The van der Waals surface area contributed by atoms with Crippen molar-refractivity contribution in [1.29, 1.82) is 0 Å². The molecule has 8 heteroatoms. The number of amides is 3. The Morgan fingerprint density at radius 3 is 2.68 bits per heavy atom. The van der Waals surface area contributed by atoms with Crippen LogP contribution in [0.4, 0.5) is 4.79 Å². The first-order valence-corrected chi connectivity index (χ1v) is 10.3. The van der Waals surface area contributed by atoms with Crippen molar-refractivity contribution in [1.82, 2.24) is 25.4 Å². The molecule has 2 aromatic rings. The van der Waals surface area contributed by atoms with E-state index in [1.54, 1.807) is 13.0 Å². The molecular formula is C20H25N5O2S. The van der Waals surface area contributed by atoms with Crippen LogP contribution in [0.5, 0.6) is 0 Å². The Balaban J connectivity index is 1.65. The lowest BCUT2D eigenvalue weighted by Crippen LogP contribution is -2.45. The number of nitrogens with one attached hydrogen (secondary N) is 2. The highest BCUT2D eigenvalue weighted by Crippen LogP contribution is 2.27. The minimum atomic E-state index is -0.495. The molecule has 0 saturated heterocycles. The van der Waals surface area contributed by atoms with E-state index in [-0.39, 0.29) is 11.9 Å². The van der Waals surface area contributed by atoms with E-state index in [0.29, 0.717) is 11.7 Å². The Morgan fingerprint density at radius 2 is 2.00 bits per heavy atom. The summed E-state index contributed by atoms with van der Waals surface area (Å²) in [6.07, 6.45) is 5.94. The number of aromatic nitrogens is 3. The topological polar surface area (TPSA) is 88.9 Å². The molecule has 7 nitrogen and oxygen atoms in total. The molecule has 0 aliphatic heterocycles. The molecule has 1 aliphatic rings. The van der Waals surface area contributed by atoms with Crippen molar-refractivity contribution in [3.8, 4) is 11.4 Å². The van der Waals surface area contributed by atoms with E-state index < -0.39 is 11.3 Å². The highest BCUT2D eigenvalue weighted by Gasteiger charge is 2.23. The fourth-order valence-electron chi connectivity index (χ4n) is 3.19. The molecule has 3 amide bonds. The molecule has 0 bridgehead atoms. The number of carbonyl (C=O) groups is 2. The van der Waals surface area contributed by atoms with E-state index >= 15 is 0 Å². The maximum absolute atomic E-state index is 12.4. The van der Waals surface area contributed by atoms with Crippen LogP contribution < -0.4 is 10.6 Å². The molecule has 28 heavy (non-hydrogen) atoms. The van der Waals surface area contributed by atoms with Crippen molar-refractivity contribution in [2.75, 3.05) is 0 Å². The molecule has 1 fully saturated rings. The Kier molecular flexibility index (Phi) is 6.86. The van der Waals surface area contributed by atoms with Crippen LogP contribution >= 0.6 is 11.8 Å². The number of hydrogen-bond acceptors (Lipinski definition) is 5. The van der Waals surface area contributed by atoms with Gasteiger partial charge in [0.1, 0.15) is 0 Å². The first-order valence-electron chi connectivity index (χ1n) is 9.46. The molecule has 1 aromatic carbocycles. The van der Waals surface area contributed by atoms with Gasteiger partial charge in [0.05, 0.1) is 5.25 Å². The van der Waals surface area contributed by atoms with Crippen LogP contribution in [0.3, 0.4) is 0 Å². The van der Waals surface area contributed by atoms with Gasteiger partial charge in [0.25, 0.3) is 0 Å². The van der Waals surface area contributed by atoms with Crippen LogP contribution in [0.25, 0.3) is 11.4 Å². The van der Waals surface area contributed by atoms with Gasteiger partial charge in [-0.05, 0) is 19.8 Å². The fourth-order valence-corrected chi connectivity index (χ4v) is 4.05. The van der Waals surface area contributed by atoms with Gasteiger partial charge in [0, 0.05) is 18.2 Å². The molecule has 1 saturated carbocycles. The molecule has 0 spiro atoms. The highest BCUT2D eigenvalue weighted by atomic mass is 32.2. The summed E-state index contributed by atoms with van der Waals surface area (Å²) in [5.74, 6) is 0.365. The number of benzene rings is 1. The Morgan fingerprint density at radius 1 is 1.29 bits per heavy atom. The van der Waals surface area contributed by atoms with Gasteiger partial charge in [0.15, 0.2) is 11.0 Å². The second-order valence-electron chi connectivity index (χ2n) is 6.78. The van der Waals surface area contributed by atoms with Crippen LogP contribution in [-0.4, -0.2) is 38.0 Å². The average Bonchev–Trinajstić information content (AvgIpc) is 3.33. The molecule has 1 aromatic heterocycles. The Bertz CT molecular complexity index is 830. The summed E-state index contributed by atoms with van der Waals surface area (Å²) in [6.45, 7) is 6.07. The van der Waals surface area contributed by atoms with E-state index in [1.807, 2.05) is 34.9 Å². The molecule has 1 atom stereocenters. The summed E-state index contributed by atoms with van der Waals surface area (Å²) in [6, 6.07) is 9.48. The zero-order valence-electron chi connectivity index (χ0n) is 15.9. The number of carbonyl (C=O) groups excluding carboxylic acids is 2. The molecule has 2 N–H and O–H groups in total. The number of urea groups is 1. The van der Waals surface area contributed by atoms with Crippen LogP contribution in [0.1, 0.15) is 32.6 Å². The van der Waals surface area contributed by atoms with Gasteiger partial charge in [0.2, 0.25) is 5.91 Å². The maximum Gasteiger partial charge on any atom is 0.321 e. The molecular weight excluding hydrogens is 374 g/mol. The third kappa shape index (κ3) is 5.01. The van der Waals surface area contributed by atoms with Gasteiger partial charge in [-0.25, -0.2) is 4.79 Å². The third-order valence-corrected chi connectivity index (χ3v) is 5.72. The zero-order valence-corrected chi connectivity index (χ0v) is 16.7. The van der Waals surface area contributed by atoms with Crippen LogP contribution in [0.2, 0.25) is 0 Å². The predicted molar refractivity (Wildman–Crippen MR) is 110 cm³/mol. The largest absolute Gasteiger partial charge is 0.335 e. The monoisotopic (exact) mass is 399 g/mol. The van der Waals surface area contributed by atoms with Crippen molar-refractivity contribution >= 4 is 23.7 Å². The number of nitrogens with zero attached hydrogens (tertiary/aromatic N) is 3. The minimum absolute atomic E-state index is 0.167. The molecule has 3 rings (SSSR count). The van der Waals surface area contributed by atoms with Gasteiger partial charge >= 0.3 is 6.03 Å². The fraction of sp³-hybridized carbons (Fsp3) is 0.400. The number of rotatable bonds is 7. The second kappa shape index (κ2) is 9.54. The maximum atomic E-state index is 12.4. The summed E-state index contributed by atoms with van der Waals surface area (Å²) < 4.78 is 1.91. The SMILES string of the molecule is C=CCn1c(S[C@H](C)C(=O)NC(=O)NC2CCCC2)nnc1-c1ccccc1. The molecule has 1 aliphatic carbocycles. The Labute approximate surface area is 169 Å². The van der Waals surface area contributed by atoms with Crippen molar-refractivity contribution < 1.29 is 9.59 Å². The standard InChI is InChI=1S/C20H25N5O2S/c1-3-13-25-17(15-9-5-4-6-10-15)23-24-20(25)28-14(2)18(26)22-19(27)21-16-11-7-8-12-16/h3-6,9-10,14,16H,1,7-8,11-13H2,2H3,(H2,21,22,26,27)/t14-/m1/s1. The van der Waals surface area contributed by atoms with Crippen molar-refractivity contribution in [3.05, 3.63) is 43.0 Å². The van der Waals surface area contributed by atoms with Gasteiger partial charge in [-0.3, -0.25) is 14.7 Å². The summed E-state index contributed by atoms with van der Waals surface area (Å²) in [5.41, 5.74) is 0.941. The van der Waals surface area contributed by atoms with Crippen LogP contribution in [0.15, 0.2) is 48.1 Å². The average molecular weight is 400 g/mol. The summed E-state index contributed by atoms with van der Waals surface area (Å²) in [4.78, 5) is 24.4. The van der Waals surface area contributed by atoms with E-state index in [1.165, 1.54) is 11.8 Å². The smallest absolute Gasteiger partial charge is 0.321 e. The van der Waals surface area contributed by atoms with E-state index in [4.69, 9.17) is 0 Å². The molecule has 148 valence electrons. The lowest BCUT2D eigenvalue weighted by molar-refractivity contribution is -0.119. The summed E-state index contributed by atoms with van der Waals surface area (Å²) >= 11 is 1.27. The summed E-state index contributed by atoms with van der Waals surface area (Å²) in [5, 5.41) is 13.9. The van der Waals surface area contributed by atoms with Gasteiger partial charge in [-0.2, -0.15) is 0 Å². The quantitative estimate of drug-likeness (QED) is 0.550. The second-order valence-corrected chi connectivity index (χ2v) is 8.08. The number of thioether (sulfide) groups is 1. The number of hydrogen-bond donors (Lipinski definition) is 2. The number of allylic oxidation sites excluding steroid dienone is 1. The molecule has 1 heterocycles. The first kappa shape index (κ1) is 20.1. The van der Waals surface area contributed by atoms with Gasteiger partial charge in [-0.1, -0.05) is 61.0 Å². The van der Waals surface area contributed by atoms with Crippen molar-refractivity contribution in [3.63, 3.8) is 0 Å². The van der Waals surface area contributed by atoms with Crippen LogP contribution in [-0.2, 0) is 11.3 Å². The molecule has 0 radical (unpaired) electrons. The minimum Gasteiger partial charge on any atom is -0.335 e. The van der Waals surface area contributed by atoms with E-state index in [2.05, 4.69) is 27.4 Å². The van der Waals surface area contributed by atoms with Crippen LogP contribution in [0, 0.1) is 0 Å². The first-order chi connectivity index (χ1) is 13.6. The van der Waals surface area contributed by atoms with Crippen molar-refractivity contribution in [2.24, 2.45) is 0 Å². The van der Waals surface area contributed by atoms with E-state index in [0.717, 1.165) is 37.1 Å². The third-order valence-electron chi connectivity index (χ3n) is 4.64. The lowest BCUT2D eigenvalue weighted by Gasteiger charge is -2.15.